The Kier molecular flexibility index (Phi) is 4.79. The SMILES string of the molecule is CCCNC(=O)c1cc(S(=O)(=O)N2CCOCC2)c[nH]1. The molecule has 0 spiro atoms. The fourth-order valence-electron chi connectivity index (χ4n) is 1.92. The third-order valence-corrected chi connectivity index (χ3v) is 4.92. The van der Waals surface area contributed by atoms with Gasteiger partial charge in [-0.05, 0) is 12.5 Å². The monoisotopic (exact) mass is 301 g/mol. The number of carbonyl (C=O) groups excluding carboxylic acids is 1. The molecule has 7 nitrogen and oxygen atoms in total. The maximum atomic E-state index is 12.4. The molecule has 0 aliphatic carbocycles. The molecular formula is C12H19N3O4S. The van der Waals surface area contributed by atoms with E-state index < -0.39 is 10.0 Å². The van der Waals surface area contributed by atoms with Crippen molar-refractivity contribution in [1.29, 1.82) is 0 Å². The van der Waals surface area contributed by atoms with E-state index in [1.807, 2.05) is 6.92 Å². The highest BCUT2D eigenvalue weighted by Gasteiger charge is 2.27. The zero-order valence-corrected chi connectivity index (χ0v) is 12.2. The van der Waals surface area contributed by atoms with Crippen molar-refractivity contribution in [2.45, 2.75) is 18.2 Å². The number of rotatable bonds is 5. The van der Waals surface area contributed by atoms with Crippen molar-refractivity contribution in [3.05, 3.63) is 18.0 Å². The highest BCUT2D eigenvalue weighted by Crippen LogP contribution is 2.17. The largest absolute Gasteiger partial charge is 0.379 e. The van der Waals surface area contributed by atoms with E-state index in [-0.39, 0.29) is 16.5 Å². The van der Waals surface area contributed by atoms with Crippen molar-refractivity contribution < 1.29 is 17.9 Å². The first kappa shape index (κ1) is 15.0. The highest BCUT2D eigenvalue weighted by atomic mass is 32.2. The minimum absolute atomic E-state index is 0.112. The Morgan fingerprint density at radius 3 is 2.80 bits per heavy atom. The minimum atomic E-state index is -3.55. The summed E-state index contributed by atoms with van der Waals surface area (Å²) in [5, 5.41) is 2.69. The quantitative estimate of drug-likeness (QED) is 0.811. The standard InChI is InChI=1S/C12H19N3O4S/c1-2-3-13-12(16)11-8-10(9-14-11)20(17,18)15-4-6-19-7-5-15/h8-9,14H,2-7H2,1H3,(H,13,16). The summed E-state index contributed by atoms with van der Waals surface area (Å²) in [4.78, 5) is 14.6. The van der Waals surface area contributed by atoms with Gasteiger partial charge in [-0.15, -0.1) is 0 Å². The van der Waals surface area contributed by atoms with Gasteiger partial charge in [0.1, 0.15) is 10.6 Å². The lowest BCUT2D eigenvalue weighted by Gasteiger charge is -2.25. The van der Waals surface area contributed by atoms with E-state index in [4.69, 9.17) is 4.74 Å². The van der Waals surface area contributed by atoms with Crippen LogP contribution in [0.4, 0.5) is 0 Å². The van der Waals surface area contributed by atoms with Crippen LogP contribution < -0.4 is 5.32 Å². The molecule has 1 amide bonds. The summed E-state index contributed by atoms with van der Waals surface area (Å²) in [5.41, 5.74) is 0.255. The summed E-state index contributed by atoms with van der Waals surface area (Å²) >= 11 is 0. The molecule has 0 atom stereocenters. The molecule has 1 aromatic heterocycles. The number of H-pyrrole nitrogens is 1. The number of carbonyl (C=O) groups is 1. The van der Waals surface area contributed by atoms with Gasteiger partial charge in [0, 0.05) is 25.8 Å². The van der Waals surface area contributed by atoms with Crippen molar-refractivity contribution in [3.63, 3.8) is 0 Å². The smallest absolute Gasteiger partial charge is 0.267 e. The predicted octanol–water partition coefficient (Wildman–Crippen LogP) is 0.175. The van der Waals surface area contributed by atoms with Crippen molar-refractivity contribution >= 4 is 15.9 Å². The third kappa shape index (κ3) is 3.20. The van der Waals surface area contributed by atoms with Gasteiger partial charge in [-0.2, -0.15) is 4.31 Å². The maximum Gasteiger partial charge on any atom is 0.267 e. The van der Waals surface area contributed by atoms with Crippen LogP contribution in [0.25, 0.3) is 0 Å². The average Bonchev–Trinajstić information content (AvgIpc) is 2.96. The van der Waals surface area contributed by atoms with Gasteiger partial charge in [-0.3, -0.25) is 4.79 Å². The van der Waals surface area contributed by atoms with Gasteiger partial charge >= 0.3 is 0 Å². The molecule has 1 saturated heterocycles. The summed E-state index contributed by atoms with van der Waals surface area (Å²) in [6.45, 7) is 3.98. The molecular weight excluding hydrogens is 282 g/mol. The Morgan fingerprint density at radius 1 is 1.45 bits per heavy atom. The summed E-state index contributed by atoms with van der Waals surface area (Å²) in [6.07, 6.45) is 2.18. The molecule has 20 heavy (non-hydrogen) atoms. The number of aromatic nitrogens is 1. The third-order valence-electron chi connectivity index (χ3n) is 3.04. The van der Waals surface area contributed by atoms with E-state index >= 15 is 0 Å². The maximum absolute atomic E-state index is 12.4. The summed E-state index contributed by atoms with van der Waals surface area (Å²) < 4.78 is 31.2. The van der Waals surface area contributed by atoms with Crippen molar-refractivity contribution in [2.24, 2.45) is 0 Å². The number of hydrogen-bond donors (Lipinski definition) is 2. The van der Waals surface area contributed by atoms with Crippen molar-refractivity contribution in [3.8, 4) is 0 Å². The molecule has 2 N–H and O–H groups in total. The van der Waals surface area contributed by atoms with Crippen LogP contribution >= 0.6 is 0 Å². The second-order valence-electron chi connectivity index (χ2n) is 4.52. The minimum Gasteiger partial charge on any atom is -0.379 e. The predicted molar refractivity (Wildman–Crippen MR) is 73.0 cm³/mol. The summed E-state index contributed by atoms with van der Waals surface area (Å²) in [6, 6.07) is 1.37. The molecule has 112 valence electrons. The molecule has 0 bridgehead atoms. The molecule has 0 unspecified atom stereocenters. The van der Waals surface area contributed by atoms with Gasteiger partial charge < -0.3 is 15.0 Å². The lowest BCUT2D eigenvalue weighted by atomic mass is 10.4. The second-order valence-corrected chi connectivity index (χ2v) is 6.46. The second kappa shape index (κ2) is 6.38. The lowest BCUT2D eigenvalue weighted by molar-refractivity contribution is 0.0730. The first-order valence-electron chi connectivity index (χ1n) is 6.60. The van der Waals surface area contributed by atoms with E-state index in [1.54, 1.807) is 0 Å². The number of nitrogens with one attached hydrogen (secondary N) is 2. The molecule has 1 aromatic rings. The van der Waals surface area contributed by atoms with Crippen LogP contribution in [-0.4, -0.2) is 56.5 Å². The number of morpholine rings is 1. The number of aromatic amines is 1. The summed E-state index contributed by atoms with van der Waals surface area (Å²) in [7, 11) is -3.55. The molecule has 1 fully saturated rings. The van der Waals surface area contributed by atoms with E-state index in [2.05, 4.69) is 10.3 Å². The molecule has 0 radical (unpaired) electrons. The molecule has 8 heteroatoms. The Morgan fingerprint density at radius 2 is 2.15 bits per heavy atom. The molecule has 1 aliphatic rings. The average molecular weight is 301 g/mol. The molecule has 1 aliphatic heterocycles. The Hall–Kier alpha value is -1.38. The van der Waals surface area contributed by atoms with Gasteiger partial charge in [0.15, 0.2) is 0 Å². The van der Waals surface area contributed by atoms with Gasteiger partial charge in [0.25, 0.3) is 5.91 Å². The van der Waals surface area contributed by atoms with E-state index in [9.17, 15) is 13.2 Å². The highest BCUT2D eigenvalue weighted by molar-refractivity contribution is 7.89. The number of amides is 1. The first-order chi connectivity index (χ1) is 9.55. The number of ether oxygens (including phenoxy) is 1. The van der Waals surface area contributed by atoms with E-state index in [1.165, 1.54) is 16.6 Å². The molecule has 0 saturated carbocycles. The molecule has 2 heterocycles. The number of hydrogen-bond acceptors (Lipinski definition) is 4. The number of nitrogens with zero attached hydrogens (tertiary/aromatic N) is 1. The lowest BCUT2D eigenvalue weighted by Crippen LogP contribution is -2.40. The van der Waals surface area contributed by atoms with Gasteiger partial charge in [-0.1, -0.05) is 6.92 Å². The van der Waals surface area contributed by atoms with E-state index in [0.717, 1.165) is 6.42 Å². The zero-order chi connectivity index (χ0) is 14.6. The Bertz CT molecular complexity index is 561. The van der Waals surface area contributed by atoms with Crippen molar-refractivity contribution in [2.75, 3.05) is 32.8 Å². The normalized spacial score (nSPS) is 17.1. The number of sulfonamides is 1. The zero-order valence-electron chi connectivity index (χ0n) is 11.4. The van der Waals surface area contributed by atoms with Gasteiger partial charge in [-0.25, -0.2) is 8.42 Å². The van der Waals surface area contributed by atoms with Crippen LogP contribution in [0, 0.1) is 0 Å². The molecule has 2 rings (SSSR count). The van der Waals surface area contributed by atoms with Gasteiger partial charge in [0.2, 0.25) is 10.0 Å². The Balaban J connectivity index is 2.13. The van der Waals surface area contributed by atoms with Crippen LogP contribution in [0.15, 0.2) is 17.2 Å². The van der Waals surface area contributed by atoms with Crippen LogP contribution in [0.2, 0.25) is 0 Å². The topological polar surface area (TPSA) is 91.5 Å². The van der Waals surface area contributed by atoms with Crippen LogP contribution in [-0.2, 0) is 14.8 Å². The molecule has 0 aromatic carbocycles. The van der Waals surface area contributed by atoms with Crippen LogP contribution in [0.3, 0.4) is 0 Å². The van der Waals surface area contributed by atoms with Gasteiger partial charge in [0.05, 0.1) is 13.2 Å². The van der Waals surface area contributed by atoms with E-state index in [0.29, 0.717) is 32.8 Å². The fraction of sp³-hybridized carbons (Fsp3) is 0.583. The summed E-state index contributed by atoms with van der Waals surface area (Å²) in [5.74, 6) is -0.296. The Labute approximate surface area is 118 Å². The first-order valence-corrected chi connectivity index (χ1v) is 8.04. The van der Waals surface area contributed by atoms with Crippen LogP contribution in [0.1, 0.15) is 23.8 Å². The van der Waals surface area contributed by atoms with Crippen LogP contribution in [0.5, 0.6) is 0 Å². The fourth-order valence-corrected chi connectivity index (χ4v) is 3.33. The van der Waals surface area contributed by atoms with Crippen molar-refractivity contribution in [1.82, 2.24) is 14.6 Å².